The summed E-state index contributed by atoms with van der Waals surface area (Å²) in [5, 5.41) is 2.32. The number of para-hydroxylation sites is 4. The first-order valence-corrected chi connectivity index (χ1v) is 18.6. The zero-order valence-corrected chi connectivity index (χ0v) is 29.2. The molecule has 4 heterocycles. The summed E-state index contributed by atoms with van der Waals surface area (Å²) in [6.07, 6.45) is 15.6. The third-order valence-electron chi connectivity index (χ3n) is 11.5. The molecule has 254 valence electrons. The maximum absolute atomic E-state index is 6.95. The van der Waals surface area contributed by atoms with Crippen molar-refractivity contribution in [3.05, 3.63) is 191 Å². The molecule has 12 rings (SSSR count). The van der Waals surface area contributed by atoms with Crippen LogP contribution in [-0.4, -0.2) is 6.10 Å². The van der Waals surface area contributed by atoms with Crippen molar-refractivity contribution in [2.45, 2.75) is 12.0 Å². The van der Waals surface area contributed by atoms with Crippen LogP contribution in [-0.2, 0) is 0 Å². The Morgan fingerprint density at radius 2 is 1.06 bits per heavy atom. The van der Waals surface area contributed by atoms with Crippen molar-refractivity contribution in [1.29, 1.82) is 0 Å². The van der Waals surface area contributed by atoms with E-state index >= 15 is 0 Å². The summed E-state index contributed by atoms with van der Waals surface area (Å²) in [5.74, 6) is 2.73. The smallest absolute Gasteiger partial charge is 0.137 e. The highest BCUT2D eigenvalue weighted by Crippen LogP contribution is 2.56. The van der Waals surface area contributed by atoms with Gasteiger partial charge in [-0.3, -0.25) is 0 Å². The molecule has 0 amide bonds. The molecule has 2 atom stereocenters. The summed E-state index contributed by atoms with van der Waals surface area (Å²) < 4.78 is 13.8. The Balaban J connectivity index is 0.961. The normalized spacial score (nSPS) is 17.7. The summed E-state index contributed by atoms with van der Waals surface area (Å²) >= 11 is 0. The summed E-state index contributed by atoms with van der Waals surface area (Å²) in [5.41, 5.74) is 14.9. The molecule has 0 aromatic heterocycles. The number of hydrogen-bond acceptors (Lipinski definition) is 4. The molecule has 0 saturated carbocycles. The lowest BCUT2D eigenvalue weighted by molar-refractivity contribution is 0.268. The molecule has 4 nitrogen and oxygen atoms in total. The van der Waals surface area contributed by atoms with Crippen molar-refractivity contribution in [2.75, 3.05) is 9.80 Å². The van der Waals surface area contributed by atoms with Crippen LogP contribution >= 0.6 is 0 Å². The fourth-order valence-electron chi connectivity index (χ4n) is 9.07. The molecule has 0 spiro atoms. The number of fused-ring (bicyclic) bond motifs is 10. The molecular formula is C50H32N2O2. The molecule has 4 aliphatic heterocycles. The van der Waals surface area contributed by atoms with E-state index in [1.165, 1.54) is 33.2 Å². The molecule has 0 radical (unpaired) electrons. The molecule has 0 fully saturated rings. The molecular weight excluding hydrogens is 661 g/mol. The SMILES string of the molecule is C1=CC2c3c(cc4c5c(cccc35)Oc3cc(N5c6ccccc6C=Cc6ccccc65)ccc3-4)OC2C=C1N1c2ccccc2C=Cc2ccccc21. The zero-order chi connectivity index (χ0) is 35.3. The number of allylic oxidation sites excluding steroid dienone is 1. The van der Waals surface area contributed by atoms with Crippen molar-refractivity contribution < 1.29 is 9.47 Å². The molecule has 0 N–H and O–H groups in total. The summed E-state index contributed by atoms with van der Waals surface area (Å²) in [6, 6.07) is 49.6. The van der Waals surface area contributed by atoms with E-state index in [0.717, 1.165) is 67.9 Å². The quantitative estimate of drug-likeness (QED) is 0.180. The Kier molecular flexibility index (Phi) is 6.14. The first-order valence-electron chi connectivity index (χ1n) is 18.6. The Morgan fingerprint density at radius 1 is 0.463 bits per heavy atom. The highest BCUT2D eigenvalue weighted by atomic mass is 16.5. The van der Waals surface area contributed by atoms with Crippen LogP contribution in [0.25, 0.3) is 46.2 Å². The summed E-state index contributed by atoms with van der Waals surface area (Å²) in [7, 11) is 0. The van der Waals surface area contributed by atoms with E-state index < -0.39 is 0 Å². The van der Waals surface area contributed by atoms with Gasteiger partial charge in [0.1, 0.15) is 23.4 Å². The third-order valence-corrected chi connectivity index (χ3v) is 11.5. The Labute approximate surface area is 313 Å². The molecule has 7 aromatic carbocycles. The minimum atomic E-state index is -0.141. The molecule has 2 unspecified atom stereocenters. The fraction of sp³-hybridized carbons (Fsp3) is 0.0400. The highest BCUT2D eigenvalue weighted by Gasteiger charge is 2.38. The van der Waals surface area contributed by atoms with Crippen molar-refractivity contribution in [1.82, 2.24) is 0 Å². The third kappa shape index (κ3) is 4.25. The Bertz CT molecular complexity index is 2780. The molecule has 54 heavy (non-hydrogen) atoms. The van der Waals surface area contributed by atoms with Gasteiger partial charge < -0.3 is 19.3 Å². The predicted octanol–water partition coefficient (Wildman–Crippen LogP) is 13.2. The van der Waals surface area contributed by atoms with Crippen LogP contribution in [0.5, 0.6) is 17.2 Å². The van der Waals surface area contributed by atoms with Gasteiger partial charge in [0.2, 0.25) is 0 Å². The lowest BCUT2D eigenvalue weighted by Gasteiger charge is -2.31. The van der Waals surface area contributed by atoms with Gasteiger partial charge in [0.05, 0.1) is 22.7 Å². The molecule has 0 saturated heterocycles. The van der Waals surface area contributed by atoms with Gasteiger partial charge >= 0.3 is 0 Å². The maximum atomic E-state index is 6.95. The van der Waals surface area contributed by atoms with Crippen LogP contribution in [0.4, 0.5) is 28.4 Å². The first kappa shape index (κ1) is 29.5. The lowest BCUT2D eigenvalue weighted by Crippen LogP contribution is -2.24. The second kappa shape index (κ2) is 11.2. The van der Waals surface area contributed by atoms with Crippen LogP contribution in [0.1, 0.15) is 33.7 Å². The zero-order valence-electron chi connectivity index (χ0n) is 29.2. The molecule has 0 bridgehead atoms. The van der Waals surface area contributed by atoms with E-state index in [1.54, 1.807) is 0 Å². The molecule has 5 aliphatic rings. The minimum Gasteiger partial charge on any atom is -0.485 e. The van der Waals surface area contributed by atoms with E-state index in [2.05, 4.69) is 192 Å². The predicted molar refractivity (Wildman–Crippen MR) is 221 cm³/mol. The van der Waals surface area contributed by atoms with Gasteiger partial charge in [0.15, 0.2) is 0 Å². The minimum absolute atomic E-state index is 0.0872. The van der Waals surface area contributed by atoms with Gasteiger partial charge in [-0.25, -0.2) is 0 Å². The monoisotopic (exact) mass is 692 g/mol. The van der Waals surface area contributed by atoms with Crippen LogP contribution in [0.3, 0.4) is 0 Å². The molecule has 1 aliphatic carbocycles. The first-order chi connectivity index (χ1) is 26.8. The number of ether oxygens (including phenoxy) is 2. The van der Waals surface area contributed by atoms with Crippen molar-refractivity contribution in [3.8, 4) is 28.4 Å². The number of anilines is 5. The van der Waals surface area contributed by atoms with Crippen molar-refractivity contribution >= 4 is 63.5 Å². The van der Waals surface area contributed by atoms with Crippen LogP contribution in [0.2, 0.25) is 0 Å². The number of rotatable bonds is 2. The van der Waals surface area contributed by atoms with E-state index in [4.69, 9.17) is 9.47 Å². The van der Waals surface area contributed by atoms with E-state index in [-0.39, 0.29) is 12.0 Å². The van der Waals surface area contributed by atoms with Gasteiger partial charge in [0.25, 0.3) is 0 Å². The second-order valence-electron chi connectivity index (χ2n) is 14.4. The van der Waals surface area contributed by atoms with Crippen molar-refractivity contribution in [3.63, 3.8) is 0 Å². The van der Waals surface area contributed by atoms with E-state index in [1.807, 2.05) is 0 Å². The van der Waals surface area contributed by atoms with Gasteiger partial charge in [-0.05, 0) is 88.3 Å². The summed E-state index contributed by atoms with van der Waals surface area (Å²) in [6.45, 7) is 0. The highest BCUT2D eigenvalue weighted by molar-refractivity contribution is 6.08. The van der Waals surface area contributed by atoms with Crippen molar-refractivity contribution in [2.24, 2.45) is 0 Å². The van der Waals surface area contributed by atoms with E-state index in [0.29, 0.717) is 0 Å². The van der Waals surface area contributed by atoms with Crippen LogP contribution in [0, 0.1) is 0 Å². The second-order valence-corrected chi connectivity index (χ2v) is 14.4. The van der Waals surface area contributed by atoms with Crippen LogP contribution < -0.4 is 19.3 Å². The van der Waals surface area contributed by atoms with E-state index in [9.17, 15) is 0 Å². The van der Waals surface area contributed by atoms with Gasteiger partial charge in [-0.15, -0.1) is 0 Å². The molecule has 7 aromatic rings. The largest absolute Gasteiger partial charge is 0.485 e. The Morgan fingerprint density at radius 3 is 1.69 bits per heavy atom. The molecule has 4 heteroatoms. The average molecular weight is 693 g/mol. The van der Waals surface area contributed by atoms with Gasteiger partial charge in [-0.1, -0.05) is 115 Å². The lowest BCUT2D eigenvalue weighted by atomic mass is 9.84. The topological polar surface area (TPSA) is 24.9 Å². The standard InChI is InChI=1S/C50H32N2O2/c1-5-15-41-31(10-1)20-21-32-11-2-6-16-42(32)51(41)35-24-26-37-40-30-48-49(39-14-9-19-45(50(39)40)53-46(37)28-35)38-27-25-36(29-47(38)54-48)52-43-17-7-3-12-33(43)22-23-34-13-4-8-18-44(34)52/h1-30,38,47H. The average Bonchev–Trinajstić information content (AvgIpc) is 3.38. The van der Waals surface area contributed by atoms with Crippen LogP contribution in [0.15, 0.2) is 163 Å². The van der Waals surface area contributed by atoms with Gasteiger partial charge in [-0.2, -0.15) is 0 Å². The maximum Gasteiger partial charge on any atom is 0.137 e. The van der Waals surface area contributed by atoms with Gasteiger partial charge in [0, 0.05) is 45.4 Å². The summed E-state index contributed by atoms with van der Waals surface area (Å²) in [4.78, 5) is 4.71. The number of nitrogens with zero attached hydrogens (tertiary/aromatic N) is 2. The fourth-order valence-corrected chi connectivity index (χ4v) is 9.07. The number of benzene rings is 7. The Hall–Kier alpha value is -7.04. The number of hydrogen-bond donors (Lipinski definition) is 0.